The molecule has 2 N–H and O–H groups in total. The lowest BCUT2D eigenvalue weighted by Crippen LogP contribution is -2.22. The van der Waals surface area contributed by atoms with Gasteiger partial charge in [0.2, 0.25) is 5.88 Å². The van der Waals surface area contributed by atoms with E-state index in [0.29, 0.717) is 17.9 Å². The number of nitriles is 1. The van der Waals surface area contributed by atoms with Crippen molar-refractivity contribution >= 4 is 17.6 Å². The molecule has 0 aromatic heterocycles. The smallest absolute Gasteiger partial charge is 0.347 e. The zero-order chi connectivity index (χ0) is 24.9. The summed E-state index contributed by atoms with van der Waals surface area (Å²) >= 11 is 6.29. The maximum atomic E-state index is 14.8. The molecule has 4 rings (SSSR count). The van der Waals surface area contributed by atoms with Crippen molar-refractivity contribution in [2.75, 3.05) is 6.61 Å². The van der Waals surface area contributed by atoms with E-state index in [2.05, 4.69) is 0 Å². The summed E-state index contributed by atoms with van der Waals surface area (Å²) in [6, 6.07) is 17.7. The molecule has 3 aromatic rings. The maximum absolute atomic E-state index is 14.8. The van der Waals surface area contributed by atoms with Crippen molar-refractivity contribution in [3.05, 3.63) is 99.7 Å². The number of nitrogens with zero attached hydrogens (tertiary/aromatic N) is 1. The fraction of sp³-hybridized carbons (Fsp3) is 0.185. The molecule has 178 valence electrons. The highest BCUT2D eigenvalue weighted by Gasteiger charge is 2.34. The first-order valence-electron chi connectivity index (χ1n) is 11.0. The summed E-state index contributed by atoms with van der Waals surface area (Å²) in [6.45, 7) is 2.54. The first-order valence-corrected chi connectivity index (χ1v) is 11.4. The Morgan fingerprint density at radius 3 is 2.74 bits per heavy atom. The van der Waals surface area contributed by atoms with Crippen LogP contribution in [0.3, 0.4) is 0 Å². The second-order valence-electron chi connectivity index (χ2n) is 7.85. The van der Waals surface area contributed by atoms with Gasteiger partial charge in [-0.3, -0.25) is 0 Å². The largest absolute Gasteiger partial charge is 0.493 e. The van der Waals surface area contributed by atoms with E-state index in [1.807, 2.05) is 13.0 Å². The van der Waals surface area contributed by atoms with Gasteiger partial charge in [-0.05, 0) is 36.8 Å². The van der Waals surface area contributed by atoms with Crippen molar-refractivity contribution in [2.45, 2.75) is 25.7 Å². The second-order valence-corrected chi connectivity index (χ2v) is 8.25. The zero-order valence-corrected chi connectivity index (χ0v) is 19.6. The predicted molar refractivity (Wildman–Crippen MR) is 129 cm³/mol. The Morgan fingerprint density at radius 2 is 2.00 bits per heavy atom. The quantitative estimate of drug-likeness (QED) is 0.243. The number of rotatable bonds is 7. The van der Waals surface area contributed by atoms with Crippen LogP contribution in [0.15, 0.2) is 72.1 Å². The SMILES string of the molecule is CCCCOc1ccccc1C(=O)Oc1ccc2c(c1)OC(N)=C(C#N)C2c1c(F)cccc1Cl. The first-order chi connectivity index (χ1) is 16.9. The number of allylic oxidation sites excluding steroid dienone is 1. The highest BCUT2D eigenvalue weighted by molar-refractivity contribution is 6.31. The molecule has 8 heteroatoms. The number of carbonyl (C=O) groups excluding carboxylic acids is 1. The summed E-state index contributed by atoms with van der Waals surface area (Å²) in [5.74, 6) is -1.40. The fourth-order valence-corrected chi connectivity index (χ4v) is 4.10. The molecule has 0 spiro atoms. The Labute approximate surface area is 207 Å². The normalized spacial score (nSPS) is 14.5. The Kier molecular flexibility index (Phi) is 7.23. The van der Waals surface area contributed by atoms with Gasteiger partial charge in [0.25, 0.3) is 0 Å². The van der Waals surface area contributed by atoms with E-state index in [1.54, 1.807) is 36.4 Å². The van der Waals surface area contributed by atoms with Gasteiger partial charge in [-0.25, -0.2) is 9.18 Å². The molecule has 0 saturated heterocycles. The molecule has 0 bridgehead atoms. The van der Waals surface area contributed by atoms with Crippen LogP contribution < -0.4 is 19.9 Å². The maximum Gasteiger partial charge on any atom is 0.347 e. The number of hydrogen-bond acceptors (Lipinski definition) is 6. The number of hydrogen-bond donors (Lipinski definition) is 1. The number of halogens is 2. The van der Waals surface area contributed by atoms with E-state index in [1.165, 1.54) is 24.3 Å². The van der Waals surface area contributed by atoms with Crippen molar-refractivity contribution in [2.24, 2.45) is 5.73 Å². The standard InChI is InChI=1S/C27H22ClFN2O4/c1-2-3-13-33-22-10-5-4-7-18(22)27(32)34-16-11-12-17-23(14-16)35-26(31)19(15-30)24(17)25-20(28)8-6-9-21(25)29/h4-12,14,24H,2-3,13,31H2,1H3. The minimum absolute atomic E-state index is 0.0346. The van der Waals surface area contributed by atoms with Gasteiger partial charge in [-0.1, -0.05) is 49.2 Å². The van der Waals surface area contributed by atoms with Gasteiger partial charge in [-0.2, -0.15) is 5.26 Å². The summed E-state index contributed by atoms with van der Waals surface area (Å²) in [5, 5.41) is 9.84. The summed E-state index contributed by atoms with van der Waals surface area (Å²) in [4.78, 5) is 12.9. The number of ether oxygens (including phenoxy) is 3. The third-order valence-electron chi connectivity index (χ3n) is 5.55. The summed E-state index contributed by atoms with van der Waals surface area (Å²) in [6.07, 6.45) is 1.82. The molecule has 1 atom stereocenters. The van der Waals surface area contributed by atoms with Crippen molar-refractivity contribution < 1.29 is 23.4 Å². The molecule has 0 radical (unpaired) electrons. The van der Waals surface area contributed by atoms with E-state index < -0.39 is 17.7 Å². The van der Waals surface area contributed by atoms with Crippen LogP contribution >= 0.6 is 11.6 Å². The monoisotopic (exact) mass is 492 g/mol. The van der Waals surface area contributed by atoms with Crippen LogP contribution in [0.2, 0.25) is 5.02 Å². The van der Waals surface area contributed by atoms with Gasteiger partial charge in [0.1, 0.15) is 40.3 Å². The van der Waals surface area contributed by atoms with Crippen LogP contribution in [0.5, 0.6) is 17.2 Å². The molecule has 0 aliphatic carbocycles. The lowest BCUT2D eigenvalue weighted by atomic mass is 9.83. The molecule has 0 saturated carbocycles. The minimum atomic E-state index is -0.880. The van der Waals surface area contributed by atoms with Crippen LogP contribution in [0.1, 0.15) is 47.2 Å². The van der Waals surface area contributed by atoms with E-state index in [9.17, 15) is 14.4 Å². The third-order valence-corrected chi connectivity index (χ3v) is 5.88. The predicted octanol–water partition coefficient (Wildman–Crippen LogP) is 6.10. The number of benzene rings is 3. The van der Waals surface area contributed by atoms with Gasteiger partial charge in [-0.15, -0.1) is 0 Å². The molecule has 1 unspecified atom stereocenters. The average molecular weight is 493 g/mol. The van der Waals surface area contributed by atoms with Gasteiger partial charge < -0.3 is 19.9 Å². The van der Waals surface area contributed by atoms with E-state index in [-0.39, 0.29) is 39.1 Å². The van der Waals surface area contributed by atoms with E-state index >= 15 is 0 Å². The Hall–Kier alpha value is -4.02. The molecule has 0 fully saturated rings. The summed E-state index contributed by atoms with van der Waals surface area (Å²) < 4.78 is 31.7. The number of esters is 1. The lowest BCUT2D eigenvalue weighted by Gasteiger charge is -2.27. The lowest BCUT2D eigenvalue weighted by molar-refractivity contribution is 0.0730. The number of nitrogens with two attached hydrogens (primary N) is 1. The van der Waals surface area contributed by atoms with Crippen molar-refractivity contribution in [1.29, 1.82) is 5.26 Å². The minimum Gasteiger partial charge on any atom is -0.493 e. The molecular weight excluding hydrogens is 471 g/mol. The Balaban J connectivity index is 1.66. The van der Waals surface area contributed by atoms with Crippen LogP contribution in [-0.4, -0.2) is 12.6 Å². The molecule has 1 heterocycles. The van der Waals surface area contributed by atoms with Gasteiger partial charge in [0.15, 0.2) is 0 Å². The van der Waals surface area contributed by atoms with Crippen molar-refractivity contribution in [3.63, 3.8) is 0 Å². The van der Waals surface area contributed by atoms with E-state index in [4.69, 9.17) is 31.5 Å². The van der Waals surface area contributed by atoms with Gasteiger partial charge >= 0.3 is 5.97 Å². The number of para-hydroxylation sites is 1. The second kappa shape index (κ2) is 10.5. The van der Waals surface area contributed by atoms with E-state index in [0.717, 1.165) is 12.8 Å². The number of fused-ring (bicyclic) bond motifs is 1. The van der Waals surface area contributed by atoms with Crippen LogP contribution in [-0.2, 0) is 0 Å². The molecule has 3 aromatic carbocycles. The van der Waals surface area contributed by atoms with Crippen molar-refractivity contribution in [3.8, 4) is 23.3 Å². The third kappa shape index (κ3) is 4.93. The summed E-state index contributed by atoms with van der Waals surface area (Å²) in [7, 11) is 0. The van der Waals surface area contributed by atoms with Crippen LogP contribution in [0.4, 0.5) is 4.39 Å². The van der Waals surface area contributed by atoms with Gasteiger partial charge in [0.05, 0.1) is 12.5 Å². The highest BCUT2D eigenvalue weighted by atomic mass is 35.5. The first kappa shape index (κ1) is 24.1. The zero-order valence-electron chi connectivity index (χ0n) is 18.9. The number of carbonyl (C=O) groups is 1. The average Bonchev–Trinajstić information content (AvgIpc) is 2.84. The topological polar surface area (TPSA) is 94.6 Å². The Morgan fingerprint density at radius 1 is 1.20 bits per heavy atom. The molecular formula is C27H22ClFN2O4. The molecule has 1 aliphatic rings. The highest BCUT2D eigenvalue weighted by Crippen LogP contribution is 2.46. The van der Waals surface area contributed by atoms with Crippen molar-refractivity contribution in [1.82, 2.24) is 0 Å². The molecule has 1 aliphatic heterocycles. The van der Waals surface area contributed by atoms with Crippen LogP contribution in [0.25, 0.3) is 0 Å². The van der Waals surface area contributed by atoms with Crippen LogP contribution in [0, 0.1) is 17.1 Å². The Bertz CT molecular complexity index is 1330. The summed E-state index contributed by atoms with van der Waals surface area (Å²) in [5.41, 5.74) is 6.89. The van der Waals surface area contributed by atoms with Gasteiger partial charge in [0, 0.05) is 22.2 Å². The fourth-order valence-electron chi connectivity index (χ4n) is 3.83. The molecule has 6 nitrogen and oxygen atoms in total. The molecule has 0 amide bonds. The molecule has 35 heavy (non-hydrogen) atoms. The number of unbranched alkanes of at least 4 members (excludes halogenated alkanes) is 1.